The molecule has 2 heterocycles. The lowest BCUT2D eigenvalue weighted by molar-refractivity contribution is 0.284. The van der Waals surface area contributed by atoms with Crippen LogP contribution in [0.1, 0.15) is 35.7 Å². The molecule has 1 saturated heterocycles. The van der Waals surface area contributed by atoms with Crippen LogP contribution in [-0.4, -0.2) is 28.4 Å². The molecule has 1 unspecified atom stereocenters. The van der Waals surface area contributed by atoms with Crippen LogP contribution < -0.4 is 0 Å². The van der Waals surface area contributed by atoms with Gasteiger partial charge in [0.25, 0.3) is 0 Å². The van der Waals surface area contributed by atoms with Gasteiger partial charge in [-0.1, -0.05) is 48.0 Å². The van der Waals surface area contributed by atoms with Crippen molar-refractivity contribution >= 4 is 18.5 Å². The Morgan fingerprint density at radius 2 is 1.74 bits per heavy atom. The Bertz CT molecular complexity index is 593. The summed E-state index contributed by atoms with van der Waals surface area (Å²) in [6.07, 6.45) is 8.98. The van der Waals surface area contributed by atoms with Gasteiger partial charge in [-0.25, -0.2) is 0 Å². The van der Waals surface area contributed by atoms with Gasteiger partial charge in [0.15, 0.2) is 0 Å². The molecular weight excluding hydrogens is 308 g/mol. The molecule has 1 aromatic carbocycles. The van der Waals surface area contributed by atoms with E-state index in [0.717, 1.165) is 5.69 Å². The van der Waals surface area contributed by atoms with Crippen molar-refractivity contribution in [3.63, 3.8) is 0 Å². The van der Waals surface area contributed by atoms with Crippen LogP contribution in [0.5, 0.6) is 0 Å². The molecule has 2 aromatic rings. The van der Waals surface area contributed by atoms with Gasteiger partial charge in [0.1, 0.15) is 0 Å². The molecule has 1 fully saturated rings. The van der Waals surface area contributed by atoms with Gasteiger partial charge >= 0.3 is 0 Å². The highest BCUT2D eigenvalue weighted by molar-refractivity contribution is 5.85. The molecule has 1 aromatic heterocycles. The molecular formula is C19H25ClN2O. The van der Waals surface area contributed by atoms with Gasteiger partial charge in [0.05, 0.1) is 11.7 Å². The van der Waals surface area contributed by atoms with E-state index in [4.69, 9.17) is 0 Å². The third-order valence-corrected chi connectivity index (χ3v) is 4.07. The SMILES string of the molecule is Cc1ccc(C=CC(c2ccccn2)N2CCCC2)cc1.Cl.O. The van der Waals surface area contributed by atoms with Crippen molar-refractivity contribution in [3.8, 4) is 0 Å². The molecule has 1 atom stereocenters. The Kier molecular flexibility index (Phi) is 7.96. The standard InChI is InChI=1S/C19H22N2.ClH.H2O/c1-16-7-9-17(10-8-16)11-12-19(21-14-4-5-15-21)18-6-2-3-13-20-18;;/h2-3,6-13,19H,4-5,14-15H2,1H3;1H;1H2. The van der Waals surface area contributed by atoms with Crippen molar-refractivity contribution < 1.29 is 5.48 Å². The molecule has 124 valence electrons. The van der Waals surface area contributed by atoms with Gasteiger partial charge in [0.2, 0.25) is 0 Å². The lowest BCUT2D eigenvalue weighted by Gasteiger charge is -2.24. The highest BCUT2D eigenvalue weighted by Gasteiger charge is 2.21. The summed E-state index contributed by atoms with van der Waals surface area (Å²) in [6, 6.07) is 15.1. The number of halogens is 1. The van der Waals surface area contributed by atoms with Crippen molar-refractivity contribution in [1.29, 1.82) is 0 Å². The number of hydrogen-bond donors (Lipinski definition) is 0. The van der Waals surface area contributed by atoms with Crippen molar-refractivity contribution in [2.24, 2.45) is 0 Å². The largest absolute Gasteiger partial charge is 0.412 e. The van der Waals surface area contributed by atoms with Crippen molar-refractivity contribution in [3.05, 3.63) is 71.6 Å². The first-order chi connectivity index (χ1) is 10.3. The Morgan fingerprint density at radius 3 is 2.35 bits per heavy atom. The predicted octanol–water partition coefficient (Wildman–Crippen LogP) is 3.84. The number of pyridine rings is 1. The highest BCUT2D eigenvalue weighted by Crippen LogP contribution is 2.25. The zero-order valence-electron chi connectivity index (χ0n) is 13.5. The van der Waals surface area contributed by atoms with Gasteiger partial charge in [-0.3, -0.25) is 9.88 Å². The maximum Gasteiger partial charge on any atom is 0.0709 e. The van der Waals surface area contributed by atoms with E-state index in [-0.39, 0.29) is 23.9 Å². The van der Waals surface area contributed by atoms with Crippen molar-refractivity contribution in [1.82, 2.24) is 9.88 Å². The van der Waals surface area contributed by atoms with E-state index >= 15 is 0 Å². The second-order valence-corrected chi connectivity index (χ2v) is 5.71. The minimum absolute atomic E-state index is 0. The van der Waals surface area contributed by atoms with Crippen molar-refractivity contribution in [2.75, 3.05) is 13.1 Å². The average Bonchev–Trinajstić information content (AvgIpc) is 3.05. The first-order valence-corrected chi connectivity index (χ1v) is 7.73. The van der Waals surface area contributed by atoms with Crippen LogP contribution in [0.25, 0.3) is 6.08 Å². The summed E-state index contributed by atoms with van der Waals surface area (Å²) in [6.45, 7) is 4.45. The summed E-state index contributed by atoms with van der Waals surface area (Å²) in [5.41, 5.74) is 3.69. The van der Waals surface area contributed by atoms with Crippen LogP contribution in [0, 0.1) is 6.92 Å². The fourth-order valence-corrected chi connectivity index (χ4v) is 2.86. The summed E-state index contributed by atoms with van der Waals surface area (Å²) in [5.74, 6) is 0. The lowest BCUT2D eigenvalue weighted by atomic mass is 10.1. The van der Waals surface area contributed by atoms with Crippen LogP contribution in [0.15, 0.2) is 54.7 Å². The molecule has 0 aliphatic carbocycles. The minimum Gasteiger partial charge on any atom is -0.412 e. The van der Waals surface area contributed by atoms with E-state index in [9.17, 15) is 0 Å². The molecule has 23 heavy (non-hydrogen) atoms. The van der Waals surface area contributed by atoms with Crippen LogP contribution in [0.3, 0.4) is 0 Å². The normalized spacial score (nSPS) is 15.9. The van der Waals surface area contributed by atoms with Gasteiger partial charge < -0.3 is 5.48 Å². The first-order valence-electron chi connectivity index (χ1n) is 7.73. The van der Waals surface area contributed by atoms with Crippen LogP contribution >= 0.6 is 12.4 Å². The maximum atomic E-state index is 4.56. The molecule has 4 heteroatoms. The zero-order valence-corrected chi connectivity index (χ0v) is 14.3. The monoisotopic (exact) mass is 332 g/mol. The third kappa shape index (κ3) is 5.17. The maximum absolute atomic E-state index is 4.56. The summed E-state index contributed by atoms with van der Waals surface area (Å²) >= 11 is 0. The molecule has 0 radical (unpaired) electrons. The number of likely N-dealkylation sites (tertiary alicyclic amines) is 1. The van der Waals surface area contributed by atoms with Crippen LogP contribution in [0.2, 0.25) is 0 Å². The number of aryl methyl sites for hydroxylation is 1. The lowest BCUT2D eigenvalue weighted by Crippen LogP contribution is -2.24. The fraction of sp³-hybridized carbons (Fsp3) is 0.316. The van der Waals surface area contributed by atoms with Gasteiger partial charge in [0, 0.05) is 6.20 Å². The number of rotatable bonds is 4. The predicted molar refractivity (Wildman–Crippen MR) is 98.9 cm³/mol. The first kappa shape index (κ1) is 19.4. The molecule has 2 N–H and O–H groups in total. The number of hydrogen-bond acceptors (Lipinski definition) is 2. The van der Waals surface area contributed by atoms with E-state index in [2.05, 4.69) is 65.4 Å². The van der Waals surface area contributed by atoms with E-state index in [1.165, 1.54) is 37.1 Å². The quantitative estimate of drug-likeness (QED) is 0.854. The topological polar surface area (TPSA) is 47.6 Å². The van der Waals surface area contributed by atoms with Gasteiger partial charge in [-0.05, 0) is 50.6 Å². The molecule has 1 aliphatic rings. The molecule has 0 saturated carbocycles. The van der Waals surface area contributed by atoms with Crippen LogP contribution in [0.4, 0.5) is 0 Å². The highest BCUT2D eigenvalue weighted by atomic mass is 35.5. The van der Waals surface area contributed by atoms with Crippen molar-refractivity contribution in [2.45, 2.75) is 25.8 Å². The Balaban J connectivity index is 0.00000132. The van der Waals surface area contributed by atoms with E-state index in [0.29, 0.717) is 0 Å². The van der Waals surface area contributed by atoms with E-state index in [1.54, 1.807) is 0 Å². The van der Waals surface area contributed by atoms with Gasteiger partial charge in [-0.15, -0.1) is 12.4 Å². The Hall–Kier alpha value is -1.68. The Morgan fingerprint density at radius 1 is 1.04 bits per heavy atom. The molecule has 3 rings (SSSR count). The summed E-state index contributed by atoms with van der Waals surface area (Å²) < 4.78 is 0. The molecule has 0 bridgehead atoms. The summed E-state index contributed by atoms with van der Waals surface area (Å²) in [4.78, 5) is 7.08. The molecule has 0 spiro atoms. The second-order valence-electron chi connectivity index (χ2n) is 5.71. The summed E-state index contributed by atoms with van der Waals surface area (Å²) in [5, 5.41) is 0. The average molecular weight is 333 g/mol. The van der Waals surface area contributed by atoms with Gasteiger partial charge in [-0.2, -0.15) is 0 Å². The molecule has 3 nitrogen and oxygen atoms in total. The minimum atomic E-state index is 0. The summed E-state index contributed by atoms with van der Waals surface area (Å²) in [7, 11) is 0. The molecule has 0 amide bonds. The number of nitrogens with zero attached hydrogens (tertiary/aromatic N) is 2. The Labute approximate surface area is 144 Å². The zero-order chi connectivity index (χ0) is 14.5. The van der Waals surface area contributed by atoms with Crippen LogP contribution in [-0.2, 0) is 0 Å². The fourth-order valence-electron chi connectivity index (χ4n) is 2.86. The third-order valence-electron chi connectivity index (χ3n) is 4.07. The van der Waals surface area contributed by atoms with E-state index in [1.807, 2.05) is 12.3 Å². The number of benzene rings is 1. The smallest absolute Gasteiger partial charge is 0.0709 e. The van der Waals surface area contributed by atoms with E-state index < -0.39 is 0 Å². The second kappa shape index (κ2) is 9.46. The molecule has 1 aliphatic heterocycles. The number of aromatic nitrogens is 1.